The third kappa shape index (κ3) is 6.20. The molecular weight excluding hydrogens is 511 g/mol. The zero-order valence-electron chi connectivity index (χ0n) is 22.6. The van der Waals surface area contributed by atoms with Crippen LogP contribution in [0.25, 0.3) is 0 Å². The van der Waals surface area contributed by atoms with Crippen LogP contribution in [0, 0.1) is 23.1 Å². The molecule has 0 bridgehead atoms. The molecule has 2 amide bonds. The smallest absolute Gasteiger partial charge is 0.247 e. The SMILES string of the molecule is CC(=O)N1CC(C(=O)N[C@@H](CCN2CCC(C#N)(c3nc(Cc4ccc(F)cc4)no3)CC2)c2ccccc2)C1. The fourth-order valence-electron chi connectivity index (χ4n) is 5.35. The number of rotatable bonds is 9. The van der Waals surface area contributed by atoms with E-state index in [-0.39, 0.29) is 29.6 Å². The van der Waals surface area contributed by atoms with E-state index in [4.69, 9.17) is 4.52 Å². The second-order valence-corrected chi connectivity index (χ2v) is 10.7. The Bertz CT molecular complexity index is 1360. The van der Waals surface area contributed by atoms with E-state index in [1.54, 1.807) is 17.0 Å². The highest BCUT2D eigenvalue weighted by Crippen LogP contribution is 2.34. The van der Waals surface area contributed by atoms with Gasteiger partial charge >= 0.3 is 0 Å². The molecule has 3 aromatic rings. The van der Waals surface area contributed by atoms with Gasteiger partial charge in [-0.05, 0) is 42.5 Å². The summed E-state index contributed by atoms with van der Waals surface area (Å²) < 4.78 is 18.7. The Morgan fingerprint density at radius 2 is 1.85 bits per heavy atom. The van der Waals surface area contributed by atoms with E-state index in [9.17, 15) is 19.2 Å². The summed E-state index contributed by atoms with van der Waals surface area (Å²) in [4.78, 5) is 32.9. The zero-order valence-corrected chi connectivity index (χ0v) is 22.6. The van der Waals surface area contributed by atoms with Crippen molar-refractivity contribution in [3.63, 3.8) is 0 Å². The largest absolute Gasteiger partial charge is 0.349 e. The van der Waals surface area contributed by atoms with Gasteiger partial charge in [0.05, 0.1) is 18.0 Å². The topological polar surface area (TPSA) is 115 Å². The van der Waals surface area contributed by atoms with E-state index in [1.165, 1.54) is 19.1 Å². The van der Waals surface area contributed by atoms with Gasteiger partial charge < -0.3 is 19.6 Å². The summed E-state index contributed by atoms with van der Waals surface area (Å²) in [5, 5.41) is 17.4. The van der Waals surface area contributed by atoms with Crippen molar-refractivity contribution in [1.82, 2.24) is 25.3 Å². The second kappa shape index (κ2) is 12.0. The second-order valence-electron chi connectivity index (χ2n) is 10.7. The number of piperidine rings is 1. The Morgan fingerprint density at radius 3 is 2.50 bits per heavy atom. The van der Waals surface area contributed by atoms with E-state index in [2.05, 4.69) is 26.4 Å². The van der Waals surface area contributed by atoms with Crippen molar-refractivity contribution < 1.29 is 18.5 Å². The van der Waals surface area contributed by atoms with E-state index in [0.29, 0.717) is 57.2 Å². The predicted molar refractivity (Wildman–Crippen MR) is 144 cm³/mol. The summed E-state index contributed by atoms with van der Waals surface area (Å²) in [6.07, 6.45) is 2.25. The molecule has 5 rings (SSSR count). The predicted octanol–water partition coefficient (Wildman–Crippen LogP) is 3.38. The van der Waals surface area contributed by atoms with E-state index in [0.717, 1.165) is 24.1 Å². The summed E-state index contributed by atoms with van der Waals surface area (Å²) in [6, 6.07) is 18.4. The van der Waals surface area contributed by atoms with Crippen molar-refractivity contribution in [3.8, 4) is 6.07 Å². The molecule has 2 fully saturated rings. The van der Waals surface area contributed by atoms with Crippen molar-refractivity contribution in [2.24, 2.45) is 5.92 Å². The maximum atomic E-state index is 13.2. The highest BCUT2D eigenvalue weighted by Gasteiger charge is 2.42. The quantitative estimate of drug-likeness (QED) is 0.439. The first-order chi connectivity index (χ1) is 19.3. The van der Waals surface area contributed by atoms with Crippen molar-refractivity contribution in [2.45, 2.75) is 44.1 Å². The molecule has 2 aliphatic heterocycles. The number of amides is 2. The number of benzene rings is 2. The number of likely N-dealkylation sites (tertiary alicyclic amines) is 2. The van der Waals surface area contributed by atoms with Crippen LogP contribution in [0.4, 0.5) is 4.39 Å². The molecule has 1 N–H and O–H groups in total. The Morgan fingerprint density at radius 1 is 1.15 bits per heavy atom. The molecule has 2 aliphatic rings. The molecule has 208 valence electrons. The summed E-state index contributed by atoms with van der Waals surface area (Å²) in [6.45, 7) is 4.58. The minimum Gasteiger partial charge on any atom is -0.349 e. The van der Waals surface area contributed by atoms with Crippen LogP contribution < -0.4 is 5.32 Å². The number of nitrogens with zero attached hydrogens (tertiary/aromatic N) is 5. The Labute approximate surface area is 233 Å². The maximum absolute atomic E-state index is 13.2. The van der Waals surface area contributed by atoms with Gasteiger partial charge in [0.25, 0.3) is 0 Å². The molecule has 3 heterocycles. The van der Waals surface area contributed by atoms with Crippen LogP contribution in [0.5, 0.6) is 0 Å². The van der Waals surface area contributed by atoms with Crippen molar-refractivity contribution in [2.75, 3.05) is 32.7 Å². The fourth-order valence-corrected chi connectivity index (χ4v) is 5.35. The first-order valence-corrected chi connectivity index (χ1v) is 13.7. The fraction of sp³-hybridized carbons (Fsp3) is 0.433. The number of carbonyl (C=O) groups is 2. The van der Waals surface area contributed by atoms with Crippen molar-refractivity contribution in [1.29, 1.82) is 5.26 Å². The molecule has 40 heavy (non-hydrogen) atoms. The number of nitriles is 1. The Hall–Kier alpha value is -4.10. The molecule has 0 saturated carbocycles. The lowest BCUT2D eigenvalue weighted by atomic mass is 9.79. The number of hydrogen-bond acceptors (Lipinski definition) is 7. The first-order valence-electron chi connectivity index (χ1n) is 13.7. The summed E-state index contributed by atoms with van der Waals surface area (Å²) in [5.41, 5.74) is 1.06. The van der Waals surface area contributed by atoms with Gasteiger partial charge in [0.2, 0.25) is 17.7 Å². The minimum absolute atomic E-state index is 0.00756. The lowest BCUT2D eigenvalue weighted by molar-refractivity contribution is -0.141. The third-order valence-corrected chi connectivity index (χ3v) is 8.03. The molecule has 0 unspecified atom stereocenters. The van der Waals surface area contributed by atoms with E-state index >= 15 is 0 Å². The van der Waals surface area contributed by atoms with Crippen LogP contribution in [0.1, 0.15) is 55.1 Å². The van der Waals surface area contributed by atoms with Gasteiger partial charge in [0, 0.05) is 46.1 Å². The average molecular weight is 545 g/mol. The van der Waals surface area contributed by atoms with Gasteiger partial charge in [-0.2, -0.15) is 10.2 Å². The molecule has 0 aliphatic carbocycles. The van der Waals surface area contributed by atoms with Gasteiger partial charge in [-0.25, -0.2) is 4.39 Å². The van der Waals surface area contributed by atoms with Crippen LogP contribution >= 0.6 is 0 Å². The highest BCUT2D eigenvalue weighted by molar-refractivity contribution is 5.83. The molecule has 2 saturated heterocycles. The van der Waals surface area contributed by atoms with E-state index < -0.39 is 5.41 Å². The lowest BCUT2D eigenvalue weighted by Gasteiger charge is -2.38. The van der Waals surface area contributed by atoms with Crippen LogP contribution in [0.3, 0.4) is 0 Å². The van der Waals surface area contributed by atoms with Crippen LogP contribution in [-0.2, 0) is 21.4 Å². The highest BCUT2D eigenvalue weighted by atomic mass is 19.1. The van der Waals surface area contributed by atoms with Crippen LogP contribution in [0.15, 0.2) is 59.1 Å². The van der Waals surface area contributed by atoms with Crippen LogP contribution in [0.2, 0.25) is 0 Å². The molecule has 0 radical (unpaired) electrons. The maximum Gasteiger partial charge on any atom is 0.247 e. The molecule has 0 spiro atoms. The molecule has 1 aromatic heterocycles. The number of carbonyl (C=O) groups excluding carboxylic acids is 2. The Kier molecular flexibility index (Phi) is 8.21. The first kappa shape index (κ1) is 27.5. The number of hydrogen-bond donors (Lipinski definition) is 1. The standard InChI is InChI=1S/C30H33FN6O3/c1-21(38)37-18-24(19-37)28(39)33-26(23-5-3-2-4-6-23)11-14-36-15-12-30(20-32,13-16-36)29-34-27(35-40-29)17-22-7-9-25(31)10-8-22/h2-10,24,26H,11-19H2,1H3,(H,33,39)/t26-/m0/s1. The normalized spacial score (nSPS) is 18.0. The number of nitrogens with one attached hydrogen (secondary N) is 1. The van der Waals surface area contributed by atoms with Gasteiger partial charge in [0.15, 0.2) is 5.82 Å². The zero-order chi connectivity index (χ0) is 28.1. The van der Waals surface area contributed by atoms with Crippen molar-refractivity contribution in [3.05, 3.63) is 83.3 Å². The number of aromatic nitrogens is 2. The Balaban J connectivity index is 1.17. The molecule has 2 aromatic carbocycles. The summed E-state index contributed by atoms with van der Waals surface area (Å²) >= 11 is 0. The average Bonchev–Trinajstić information content (AvgIpc) is 3.41. The van der Waals surface area contributed by atoms with Gasteiger partial charge in [-0.1, -0.05) is 47.6 Å². The number of halogens is 1. The van der Waals surface area contributed by atoms with E-state index in [1.807, 2.05) is 30.3 Å². The molecular formula is C30H33FN6O3. The van der Waals surface area contributed by atoms with Crippen molar-refractivity contribution >= 4 is 11.8 Å². The third-order valence-electron chi connectivity index (χ3n) is 8.03. The minimum atomic E-state index is -0.843. The molecule has 9 nitrogen and oxygen atoms in total. The van der Waals surface area contributed by atoms with Gasteiger partial charge in [-0.15, -0.1) is 0 Å². The molecule has 10 heteroatoms. The summed E-state index contributed by atoms with van der Waals surface area (Å²) in [5.74, 6) is 0.292. The van der Waals surface area contributed by atoms with Gasteiger partial charge in [0.1, 0.15) is 11.2 Å². The molecule has 1 atom stereocenters. The lowest BCUT2D eigenvalue weighted by Crippen LogP contribution is -2.55. The van der Waals surface area contributed by atoms with Crippen LogP contribution in [-0.4, -0.2) is 64.5 Å². The monoisotopic (exact) mass is 544 g/mol. The van der Waals surface area contributed by atoms with Gasteiger partial charge in [-0.3, -0.25) is 9.59 Å². The summed E-state index contributed by atoms with van der Waals surface area (Å²) in [7, 11) is 0.